The maximum atomic E-state index is 12.1. The van der Waals surface area contributed by atoms with Crippen LogP contribution < -0.4 is 10.9 Å². The number of nitrogens with zero attached hydrogens (tertiary/aromatic N) is 1. The molecule has 0 aliphatic carbocycles. The molecule has 2 N–H and O–H groups in total. The third-order valence-electron chi connectivity index (χ3n) is 3.46. The van der Waals surface area contributed by atoms with Gasteiger partial charge >= 0.3 is 0 Å². The highest BCUT2D eigenvalue weighted by Gasteiger charge is 2.07. The molecule has 0 radical (unpaired) electrons. The fraction of sp³-hybridized carbons (Fsp3) is 0.118. The molecule has 3 aromatic rings. The number of benzene rings is 1. The highest BCUT2D eigenvalue weighted by atomic mass is 16.1. The van der Waals surface area contributed by atoms with Crippen LogP contribution in [0.3, 0.4) is 0 Å². The van der Waals surface area contributed by atoms with Gasteiger partial charge in [-0.25, -0.2) is 0 Å². The molecule has 0 fully saturated rings. The number of carbonyl (C=O) groups is 1. The van der Waals surface area contributed by atoms with Crippen LogP contribution in [0.5, 0.6) is 0 Å². The molecule has 22 heavy (non-hydrogen) atoms. The van der Waals surface area contributed by atoms with E-state index in [0.717, 1.165) is 16.5 Å². The third-order valence-corrected chi connectivity index (χ3v) is 3.46. The molecule has 0 atom stereocenters. The summed E-state index contributed by atoms with van der Waals surface area (Å²) in [7, 11) is 0. The minimum atomic E-state index is -0.230. The lowest BCUT2D eigenvalue weighted by Gasteiger charge is -2.06. The second-order valence-electron chi connectivity index (χ2n) is 5.13. The van der Waals surface area contributed by atoms with E-state index in [0.29, 0.717) is 11.1 Å². The van der Waals surface area contributed by atoms with Gasteiger partial charge in [0.15, 0.2) is 0 Å². The summed E-state index contributed by atoms with van der Waals surface area (Å²) in [5.41, 5.74) is 2.76. The van der Waals surface area contributed by atoms with E-state index in [9.17, 15) is 9.59 Å². The number of aromatic nitrogens is 2. The summed E-state index contributed by atoms with van der Waals surface area (Å²) in [5, 5.41) is 3.70. The summed E-state index contributed by atoms with van der Waals surface area (Å²) in [6.45, 7) is 2.18. The summed E-state index contributed by atoms with van der Waals surface area (Å²) in [6, 6.07) is 10.9. The van der Waals surface area contributed by atoms with Crippen molar-refractivity contribution >= 4 is 16.8 Å². The van der Waals surface area contributed by atoms with E-state index in [2.05, 4.69) is 15.3 Å². The molecule has 0 bridgehead atoms. The molecule has 0 saturated carbocycles. The fourth-order valence-electron chi connectivity index (χ4n) is 2.28. The Morgan fingerprint density at radius 2 is 1.95 bits per heavy atom. The van der Waals surface area contributed by atoms with Gasteiger partial charge in [0.1, 0.15) is 0 Å². The van der Waals surface area contributed by atoms with Crippen LogP contribution in [0.25, 0.3) is 10.9 Å². The Morgan fingerprint density at radius 1 is 1.18 bits per heavy atom. The fourth-order valence-corrected chi connectivity index (χ4v) is 2.28. The number of aromatic amines is 1. The SMILES string of the molecule is Cc1ccc2[nH]c(=O)c(CNC(=O)c3ccncc3)cc2c1. The topological polar surface area (TPSA) is 74.8 Å². The zero-order valence-electron chi connectivity index (χ0n) is 12.1. The molecule has 110 valence electrons. The molecule has 3 rings (SSSR count). The molecule has 0 saturated heterocycles. The molecule has 0 aliphatic heterocycles. The first kappa shape index (κ1) is 14.0. The van der Waals surface area contributed by atoms with Crippen molar-refractivity contribution in [2.45, 2.75) is 13.5 Å². The van der Waals surface area contributed by atoms with Crippen molar-refractivity contribution in [3.63, 3.8) is 0 Å². The Balaban J connectivity index is 1.83. The third kappa shape index (κ3) is 2.88. The van der Waals surface area contributed by atoms with Gasteiger partial charge in [-0.05, 0) is 42.6 Å². The maximum Gasteiger partial charge on any atom is 0.253 e. The number of H-pyrrole nitrogens is 1. The molecule has 1 aromatic carbocycles. The zero-order chi connectivity index (χ0) is 15.5. The average molecular weight is 293 g/mol. The van der Waals surface area contributed by atoms with Gasteiger partial charge in [0, 0.05) is 35.6 Å². The van der Waals surface area contributed by atoms with Gasteiger partial charge in [-0.1, -0.05) is 11.6 Å². The Hall–Kier alpha value is -2.95. The van der Waals surface area contributed by atoms with E-state index >= 15 is 0 Å². The molecule has 0 spiro atoms. The van der Waals surface area contributed by atoms with Crippen LogP contribution >= 0.6 is 0 Å². The molecular weight excluding hydrogens is 278 g/mol. The van der Waals surface area contributed by atoms with E-state index in [1.807, 2.05) is 31.2 Å². The van der Waals surface area contributed by atoms with E-state index in [-0.39, 0.29) is 18.0 Å². The van der Waals surface area contributed by atoms with Crippen LogP contribution in [0.15, 0.2) is 53.6 Å². The summed E-state index contributed by atoms with van der Waals surface area (Å²) in [5.74, 6) is -0.230. The lowest BCUT2D eigenvalue weighted by Crippen LogP contribution is -2.26. The number of carbonyl (C=O) groups excluding carboxylic acids is 1. The standard InChI is InChI=1S/C17H15N3O2/c1-11-2-3-15-13(8-11)9-14(17(22)20-15)10-19-16(21)12-4-6-18-7-5-12/h2-9H,10H2,1H3,(H,19,21)(H,20,22). The first-order valence-electron chi connectivity index (χ1n) is 6.94. The van der Waals surface area contributed by atoms with Gasteiger partial charge in [-0.3, -0.25) is 14.6 Å². The van der Waals surface area contributed by atoms with Gasteiger partial charge in [0.2, 0.25) is 0 Å². The molecular formula is C17H15N3O2. The minimum Gasteiger partial charge on any atom is -0.348 e. The van der Waals surface area contributed by atoms with Crippen LogP contribution in [0.4, 0.5) is 0 Å². The van der Waals surface area contributed by atoms with Crippen molar-refractivity contribution in [2.75, 3.05) is 0 Å². The summed E-state index contributed by atoms with van der Waals surface area (Å²) >= 11 is 0. The molecule has 2 heterocycles. The highest BCUT2D eigenvalue weighted by molar-refractivity contribution is 5.94. The minimum absolute atomic E-state index is 0.181. The first-order valence-corrected chi connectivity index (χ1v) is 6.94. The molecule has 0 unspecified atom stereocenters. The van der Waals surface area contributed by atoms with Crippen LogP contribution in [0, 0.1) is 6.92 Å². The monoisotopic (exact) mass is 293 g/mol. The molecule has 5 heteroatoms. The summed E-state index contributed by atoms with van der Waals surface area (Å²) in [4.78, 5) is 30.7. The predicted molar refractivity (Wildman–Crippen MR) is 84.7 cm³/mol. The Labute approximate surface area is 127 Å². The van der Waals surface area contributed by atoms with Crippen LogP contribution in [0.2, 0.25) is 0 Å². The molecule has 5 nitrogen and oxygen atoms in total. The van der Waals surface area contributed by atoms with Crippen molar-refractivity contribution in [1.29, 1.82) is 0 Å². The number of fused-ring (bicyclic) bond motifs is 1. The highest BCUT2D eigenvalue weighted by Crippen LogP contribution is 2.13. The number of pyridine rings is 2. The van der Waals surface area contributed by atoms with Crippen molar-refractivity contribution in [1.82, 2.24) is 15.3 Å². The van der Waals surface area contributed by atoms with Gasteiger partial charge in [0.05, 0.1) is 0 Å². The second kappa shape index (κ2) is 5.81. The van der Waals surface area contributed by atoms with E-state index in [1.165, 1.54) is 0 Å². The van der Waals surface area contributed by atoms with Crippen molar-refractivity contribution < 1.29 is 4.79 Å². The Bertz CT molecular complexity index is 885. The maximum absolute atomic E-state index is 12.1. The van der Waals surface area contributed by atoms with Crippen molar-refractivity contribution in [2.24, 2.45) is 0 Å². The number of aryl methyl sites for hydroxylation is 1. The van der Waals surface area contributed by atoms with Crippen LogP contribution in [0.1, 0.15) is 21.5 Å². The predicted octanol–water partition coefficient (Wildman–Crippen LogP) is 2.16. The van der Waals surface area contributed by atoms with E-state index in [1.54, 1.807) is 24.5 Å². The summed E-state index contributed by atoms with van der Waals surface area (Å²) < 4.78 is 0. The number of nitrogens with one attached hydrogen (secondary N) is 2. The lowest BCUT2D eigenvalue weighted by molar-refractivity contribution is 0.0950. The molecule has 1 amide bonds. The van der Waals surface area contributed by atoms with Gasteiger partial charge in [-0.2, -0.15) is 0 Å². The largest absolute Gasteiger partial charge is 0.348 e. The zero-order valence-corrected chi connectivity index (χ0v) is 12.1. The van der Waals surface area contributed by atoms with Gasteiger partial charge in [-0.15, -0.1) is 0 Å². The van der Waals surface area contributed by atoms with Gasteiger partial charge < -0.3 is 10.3 Å². The number of rotatable bonds is 3. The first-order chi connectivity index (χ1) is 10.6. The molecule has 2 aromatic heterocycles. The quantitative estimate of drug-likeness (QED) is 0.777. The van der Waals surface area contributed by atoms with Crippen molar-refractivity contribution in [3.8, 4) is 0 Å². The smallest absolute Gasteiger partial charge is 0.253 e. The molecule has 0 aliphatic rings. The van der Waals surface area contributed by atoms with Gasteiger partial charge in [0.25, 0.3) is 11.5 Å². The lowest BCUT2D eigenvalue weighted by atomic mass is 10.1. The second-order valence-corrected chi connectivity index (χ2v) is 5.13. The number of hydrogen-bond acceptors (Lipinski definition) is 3. The normalized spacial score (nSPS) is 10.6. The number of hydrogen-bond donors (Lipinski definition) is 2. The Kier molecular flexibility index (Phi) is 3.70. The number of amides is 1. The van der Waals surface area contributed by atoms with Crippen molar-refractivity contribution in [3.05, 3.63) is 75.8 Å². The average Bonchev–Trinajstić information content (AvgIpc) is 2.54. The summed E-state index contributed by atoms with van der Waals surface area (Å²) in [6.07, 6.45) is 3.11. The van der Waals surface area contributed by atoms with E-state index < -0.39 is 0 Å². The Morgan fingerprint density at radius 3 is 2.73 bits per heavy atom. The van der Waals surface area contributed by atoms with Crippen LogP contribution in [-0.4, -0.2) is 15.9 Å². The van der Waals surface area contributed by atoms with Crippen LogP contribution in [-0.2, 0) is 6.54 Å². The van der Waals surface area contributed by atoms with E-state index in [4.69, 9.17) is 0 Å².